The van der Waals surface area contributed by atoms with Crippen LogP contribution in [0, 0.1) is 0 Å². The van der Waals surface area contributed by atoms with Gasteiger partial charge in [-0.15, -0.1) is 0 Å². The number of carbonyl (C=O) groups is 1. The predicted octanol–water partition coefficient (Wildman–Crippen LogP) is 0.428. The third-order valence-electron chi connectivity index (χ3n) is 2.49. The molecule has 0 spiro atoms. The molecule has 0 fully saturated rings. The van der Waals surface area contributed by atoms with E-state index in [1.807, 2.05) is 0 Å². The Hall–Kier alpha value is -1.80. The number of aliphatic hydroxyl groups excluding tert-OH is 1. The van der Waals surface area contributed by atoms with Gasteiger partial charge in [-0.1, -0.05) is 0 Å². The maximum atomic E-state index is 12.1. The normalized spacial score (nSPS) is 11.0. The van der Waals surface area contributed by atoms with Gasteiger partial charge in [-0.3, -0.25) is 4.79 Å². The van der Waals surface area contributed by atoms with Gasteiger partial charge in [0.25, 0.3) is 0 Å². The number of aliphatic hydroxyl groups is 1. The summed E-state index contributed by atoms with van der Waals surface area (Å²) < 4.78 is 34.2. The van der Waals surface area contributed by atoms with Crippen LogP contribution in [0.3, 0.4) is 0 Å². The van der Waals surface area contributed by atoms with Crippen molar-refractivity contribution < 1.29 is 27.8 Å². The Morgan fingerprint density at radius 1 is 1.25 bits per heavy atom. The Morgan fingerprint density at radius 2 is 1.85 bits per heavy atom. The van der Waals surface area contributed by atoms with Crippen LogP contribution in [-0.4, -0.2) is 46.0 Å². The highest BCUT2D eigenvalue weighted by Gasteiger charge is 2.22. The number of sulfone groups is 1. The van der Waals surface area contributed by atoms with Crippen LogP contribution in [0.4, 0.5) is 5.69 Å². The quantitative estimate of drug-likeness (QED) is 0.790. The summed E-state index contributed by atoms with van der Waals surface area (Å²) in [4.78, 5) is 11.0. The fourth-order valence-electron chi connectivity index (χ4n) is 1.63. The third-order valence-corrected chi connectivity index (χ3v) is 4.20. The minimum atomic E-state index is -3.72. The molecule has 2 N–H and O–H groups in total. The molecule has 1 aromatic carbocycles. The second-order valence-corrected chi connectivity index (χ2v) is 6.00. The summed E-state index contributed by atoms with van der Waals surface area (Å²) in [5.74, 6) is -0.432. The molecule has 1 aromatic rings. The first-order valence-electron chi connectivity index (χ1n) is 5.73. The van der Waals surface area contributed by atoms with E-state index in [2.05, 4.69) is 5.32 Å². The predicted molar refractivity (Wildman–Crippen MR) is 73.0 cm³/mol. The number of rotatable bonds is 6. The number of anilines is 1. The van der Waals surface area contributed by atoms with Crippen molar-refractivity contribution in [3.8, 4) is 11.5 Å². The number of amides is 1. The highest BCUT2D eigenvalue weighted by Crippen LogP contribution is 2.36. The SMILES string of the molecule is COc1cc(OC)c(S(=O)(=O)CCO)cc1NC(C)=O. The molecule has 0 radical (unpaired) electrons. The van der Waals surface area contributed by atoms with Crippen molar-refractivity contribution in [1.29, 1.82) is 0 Å². The van der Waals surface area contributed by atoms with Crippen molar-refractivity contribution in [2.24, 2.45) is 0 Å². The molecular formula is C12H17NO6S. The molecule has 7 nitrogen and oxygen atoms in total. The molecule has 0 bridgehead atoms. The summed E-state index contributed by atoms with van der Waals surface area (Å²) >= 11 is 0. The zero-order valence-electron chi connectivity index (χ0n) is 11.5. The number of methoxy groups -OCH3 is 2. The molecular weight excluding hydrogens is 286 g/mol. The summed E-state index contributed by atoms with van der Waals surface area (Å²) in [5.41, 5.74) is 0.220. The third kappa shape index (κ3) is 3.61. The van der Waals surface area contributed by atoms with E-state index in [1.165, 1.54) is 33.3 Å². The van der Waals surface area contributed by atoms with Crippen molar-refractivity contribution in [2.45, 2.75) is 11.8 Å². The average Bonchev–Trinajstić information content (AvgIpc) is 2.37. The molecule has 0 aromatic heterocycles. The van der Waals surface area contributed by atoms with Crippen LogP contribution in [-0.2, 0) is 14.6 Å². The summed E-state index contributed by atoms with van der Waals surface area (Å²) in [5, 5.41) is 11.3. The van der Waals surface area contributed by atoms with Crippen LogP contribution in [0.2, 0.25) is 0 Å². The zero-order valence-corrected chi connectivity index (χ0v) is 12.3. The van der Waals surface area contributed by atoms with E-state index < -0.39 is 22.2 Å². The summed E-state index contributed by atoms with van der Waals surface area (Å²) in [6.07, 6.45) is 0. The fraction of sp³-hybridized carbons (Fsp3) is 0.417. The lowest BCUT2D eigenvalue weighted by atomic mass is 10.2. The molecule has 0 heterocycles. The molecule has 0 saturated carbocycles. The highest BCUT2D eigenvalue weighted by molar-refractivity contribution is 7.91. The first kappa shape index (κ1) is 16.3. The lowest BCUT2D eigenvalue weighted by Crippen LogP contribution is -2.13. The topological polar surface area (TPSA) is 102 Å². The van der Waals surface area contributed by atoms with Crippen LogP contribution < -0.4 is 14.8 Å². The Morgan fingerprint density at radius 3 is 2.30 bits per heavy atom. The molecule has 112 valence electrons. The minimum Gasteiger partial charge on any atom is -0.495 e. The molecule has 1 amide bonds. The van der Waals surface area contributed by atoms with Gasteiger partial charge in [0.05, 0.1) is 32.3 Å². The Balaban J connectivity index is 3.46. The molecule has 20 heavy (non-hydrogen) atoms. The monoisotopic (exact) mass is 303 g/mol. The number of ether oxygens (including phenoxy) is 2. The molecule has 8 heteroatoms. The average molecular weight is 303 g/mol. The number of benzene rings is 1. The minimum absolute atomic E-state index is 0.0874. The number of hydrogen-bond donors (Lipinski definition) is 2. The molecule has 0 atom stereocenters. The van der Waals surface area contributed by atoms with Gasteiger partial charge >= 0.3 is 0 Å². The van der Waals surface area contributed by atoms with E-state index in [1.54, 1.807) is 0 Å². The van der Waals surface area contributed by atoms with Crippen LogP contribution in [0.5, 0.6) is 11.5 Å². The zero-order chi connectivity index (χ0) is 15.3. The number of hydrogen-bond acceptors (Lipinski definition) is 6. The van der Waals surface area contributed by atoms with E-state index in [0.29, 0.717) is 0 Å². The van der Waals surface area contributed by atoms with Gasteiger partial charge in [-0.25, -0.2) is 8.42 Å². The summed E-state index contributed by atoms with van der Waals surface area (Å²) in [7, 11) is -1.00. The van der Waals surface area contributed by atoms with Crippen molar-refractivity contribution >= 4 is 21.4 Å². The van der Waals surface area contributed by atoms with Gasteiger partial charge in [0.15, 0.2) is 9.84 Å². The highest BCUT2D eigenvalue weighted by atomic mass is 32.2. The maximum absolute atomic E-state index is 12.1. The summed E-state index contributed by atoms with van der Waals surface area (Å²) in [6.45, 7) is 0.790. The number of nitrogens with one attached hydrogen (secondary N) is 1. The second-order valence-electron chi connectivity index (χ2n) is 3.93. The van der Waals surface area contributed by atoms with Crippen LogP contribution in [0.15, 0.2) is 17.0 Å². The van der Waals surface area contributed by atoms with Gasteiger partial charge in [0.2, 0.25) is 5.91 Å². The van der Waals surface area contributed by atoms with E-state index in [0.717, 1.165) is 0 Å². The molecule has 0 saturated heterocycles. The lowest BCUT2D eigenvalue weighted by molar-refractivity contribution is -0.114. The largest absolute Gasteiger partial charge is 0.495 e. The van der Waals surface area contributed by atoms with Crippen LogP contribution >= 0.6 is 0 Å². The molecule has 0 aliphatic rings. The fourth-order valence-corrected chi connectivity index (χ4v) is 2.84. The molecule has 0 aliphatic heterocycles. The second kappa shape index (κ2) is 6.58. The Kier molecular flexibility index (Phi) is 5.34. The molecule has 0 aliphatic carbocycles. The van der Waals surface area contributed by atoms with Gasteiger partial charge in [0.1, 0.15) is 16.4 Å². The van der Waals surface area contributed by atoms with Crippen LogP contribution in [0.1, 0.15) is 6.92 Å². The first-order chi connectivity index (χ1) is 9.35. The number of carbonyl (C=O) groups excluding carboxylic acids is 1. The Bertz CT molecular complexity index is 596. The maximum Gasteiger partial charge on any atom is 0.221 e. The van der Waals surface area contributed by atoms with Crippen molar-refractivity contribution in [1.82, 2.24) is 0 Å². The van der Waals surface area contributed by atoms with E-state index >= 15 is 0 Å². The standard InChI is InChI=1S/C12H17NO6S/c1-8(15)13-9-6-12(20(16,17)5-4-14)11(19-3)7-10(9)18-2/h6-7,14H,4-5H2,1-3H3,(H,13,15). The van der Waals surface area contributed by atoms with E-state index in [4.69, 9.17) is 14.6 Å². The van der Waals surface area contributed by atoms with Crippen molar-refractivity contribution in [3.05, 3.63) is 12.1 Å². The summed E-state index contributed by atoms with van der Waals surface area (Å²) in [6, 6.07) is 2.62. The molecule has 0 unspecified atom stereocenters. The van der Waals surface area contributed by atoms with Gasteiger partial charge < -0.3 is 19.9 Å². The molecule has 1 rings (SSSR count). The first-order valence-corrected chi connectivity index (χ1v) is 7.38. The lowest BCUT2D eigenvalue weighted by Gasteiger charge is -2.15. The van der Waals surface area contributed by atoms with E-state index in [9.17, 15) is 13.2 Å². The van der Waals surface area contributed by atoms with Crippen molar-refractivity contribution in [2.75, 3.05) is 31.9 Å². The van der Waals surface area contributed by atoms with Crippen molar-refractivity contribution in [3.63, 3.8) is 0 Å². The Labute approximate surface area is 117 Å². The smallest absolute Gasteiger partial charge is 0.221 e. The van der Waals surface area contributed by atoms with Gasteiger partial charge in [0, 0.05) is 13.0 Å². The van der Waals surface area contributed by atoms with Gasteiger partial charge in [-0.2, -0.15) is 0 Å². The van der Waals surface area contributed by atoms with Crippen LogP contribution in [0.25, 0.3) is 0 Å². The van der Waals surface area contributed by atoms with E-state index in [-0.39, 0.29) is 28.0 Å². The van der Waals surface area contributed by atoms with Gasteiger partial charge in [-0.05, 0) is 6.07 Å².